The Balaban J connectivity index is 1.81. The Hall–Kier alpha value is -3.46. The van der Waals surface area contributed by atoms with Crippen molar-refractivity contribution >= 4 is 22.7 Å². The quantitative estimate of drug-likeness (QED) is 0.631. The summed E-state index contributed by atoms with van der Waals surface area (Å²) in [5.41, 5.74) is 1.58. The summed E-state index contributed by atoms with van der Waals surface area (Å²) in [7, 11) is 0. The van der Waals surface area contributed by atoms with Gasteiger partial charge in [-0.3, -0.25) is 9.59 Å². The normalized spacial score (nSPS) is 13.0. The second-order valence-electron chi connectivity index (χ2n) is 5.83. The summed E-state index contributed by atoms with van der Waals surface area (Å²) in [6, 6.07) is 15.5. The first-order chi connectivity index (χ1) is 12.5. The van der Waals surface area contributed by atoms with Crippen LogP contribution in [0.5, 0.6) is 5.75 Å². The van der Waals surface area contributed by atoms with Crippen LogP contribution >= 0.6 is 0 Å². The van der Waals surface area contributed by atoms with Crippen molar-refractivity contribution in [3.63, 3.8) is 0 Å². The highest BCUT2D eigenvalue weighted by atomic mass is 16.5. The molecule has 6 nitrogen and oxygen atoms in total. The standard InChI is InChI=1S/C20H16N2O4/c1-12(23)14-6-5-7-15(10-14)25-13(2)19(24)16(11-21)20-22-17-8-3-4-9-18(17)26-20/h3-10,13,16H,1-2H3/t13-,16-/m1/s1. The first-order valence-electron chi connectivity index (χ1n) is 8.06. The maximum Gasteiger partial charge on any atom is 0.220 e. The van der Waals surface area contributed by atoms with E-state index in [-0.39, 0.29) is 11.7 Å². The van der Waals surface area contributed by atoms with Crippen molar-refractivity contribution in [2.75, 3.05) is 0 Å². The van der Waals surface area contributed by atoms with Crippen molar-refractivity contribution in [3.05, 3.63) is 60.0 Å². The Morgan fingerprint density at radius 2 is 1.96 bits per heavy atom. The first-order valence-corrected chi connectivity index (χ1v) is 8.06. The van der Waals surface area contributed by atoms with Crippen molar-refractivity contribution in [3.8, 4) is 11.8 Å². The zero-order valence-corrected chi connectivity index (χ0v) is 14.3. The molecule has 0 amide bonds. The van der Waals surface area contributed by atoms with Gasteiger partial charge in [0.2, 0.25) is 5.89 Å². The van der Waals surface area contributed by atoms with E-state index in [9.17, 15) is 14.9 Å². The summed E-state index contributed by atoms with van der Waals surface area (Å²) in [6.07, 6.45) is -0.906. The van der Waals surface area contributed by atoms with E-state index in [0.717, 1.165) is 0 Å². The number of para-hydroxylation sites is 2. The summed E-state index contributed by atoms with van der Waals surface area (Å²) >= 11 is 0. The molecule has 2 aromatic carbocycles. The summed E-state index contributed by atoms with van der Waals surface area (Å²) in [5.74, 6) is -1.31. The fraction of sp³-hybridized carbons (Fsp3) is 0.200. The highest BCUT2D eigenvalue weighted by Gasteiger charge is 2.31. The second kappa shape index (κ2) is 7.19. The molecule has 2 atom stereocenters. The zero-order valence-electron chi connectivity index (χ0n) is 14.3. The van der Waals surface area contributed by atoms with Gasteiger partial charge in [0.05, 0.1) is 6.07 Å². The molecule has 0 saturated heterocycles. The molecule has 0 bridgehead atoms. The van der Waals surface area contributed by atoms with Gasteiger partial charge in [0.25, 0.3) is 0 Å². The summed E-state index contributed by atoms with van der Waals surface area (Å²) in [5, 5.41) is 9.44. The van der Waals surface area contributed by atoms with Crippen LogP contribution in [0.25, 0.3) is 11.1 Å². The molecule has 3 aromatic rings. The number of fused-ring (bicyclic) bond motifs is 1. The van der Waals surface area contributed by atoms with Crippen LogP contribution < -0.4 is 4.74 Å². The predicted molar refractivity (Wildman–Crippen MR) is 93.9 cm³/mol. The number of Topliss-reactive ketones (excluding diaryl/α,β-unsaturated/α-hetero) is 2. The molecule has 0 radical (unpaired) electrons. The van der Waals surface area contributed by atoms with Crippen LogP contribution in [0.15, 0.2) is 52.9 Å². The van der Waals surface area contributed by atoms with Gasteiger partial charge in [-0.05, 0) is 38.1 Å². The van der Waals surface area contributed by atoms with Crippen LogP contribution in [0, 0.1) is 11.3 Å². The number of hydrogen-bond donors (Lipinski definition) is 0. The number of oxazole rings is 1. The van der Waals surface area contributed by atoms with Crippen molar-refractivity contribution in [2.45, 2.75) is 25.9 Å². The van der Waals surface area contributed by atoms with E-state index < -0.39 is 17.8 Å². The molecule has 0 unspecified atom stereocenters. The predicted octanol–water partition coefficient (Wildman–Crippen LogP) is 3.67. The van der Waals surface area contributed by atoms with Crippen molar-refractivity contribution < 1.29 is 18.7 Å². The third kappa shape index (κ3) is 3.47. The topological polar surface area (TPSA) is 93.2 Å². The third-order valence-corrected chi connectivity index (χ3v) is 3.93. The van der Waals surface area contributed by atoms with Crippen LogP contribution in [0.3, 0.4) is 0 Å². The molecule has 0 aliphatic carbocycles. The van der Waals surface area contributed by atoms with Gasteiger partial charge >= 0.3 is 0 Å². The van der Waals surface area contributed by atoms with Crippen molar-refractivity contribution in [1.82, 2.24) is 4.98 Å². The Labute approximate surface area is 150 Å². The number of carbonyl (C=O) groups is 2. The van der Waals surface area contributed by atoms with Gasteiger partial charge in [-0.15, -0.1) is 0 Å². The number of nitrogens with zero attached hydrogens (tertiary/aromatic N) is 2. The maximum absolute atomic E-state index is 12.7. The number of ether oxygens (including phenoxy) is 1. The van der Waals surface area contributed by atoms with E-state index in [0.29, 0.717) is 22.4 Å². The molecule has 130 valence electrons. The molecule has 1 aromatic heterocycles. The lowest BCUT2D eigenvalue weighted by molar-refractivity contribution is -0.125. The largest absolute Gasteiger partial charge is 0.483 e. The van der Waals surface area contributed by atoms with Crippen molar-refractivity contribution in [1.29, 1.82) is 5.26 Å². The number of rotatable bonds is 6. The number of aromatic nitrogens is 1. The molecule has 0 saturated carbocycles. The van der Waals surface area contributed by atoms with E-state index in [1.54, 1.807) is 55.5 Å². The highest BCUT2D eigenvalue weighted by molar-refractivity contribution is 5.94. The lowest BCUT2D eigenvalue weighted by atomic mass is 10.0. The minimum atomic E-state index is -1.17. The number of ketones is 2. The molecule has 0 aliphatic heterocycles. The Morgan fingerprint density at radius 1 is 1.19 bits per heavy atom. The van der Waals surface area contributed by atoms with Crippen LogP contribution in [0.1, 0.15) is 36.0 Å². The van der Waals surface area contributed by atoms with Gasteiger partial charge in [0.15, 0.2) is 29.2 Å². The van der Waals surface area contributed by atoms with Crippen LogP contribution in [0.2, 0.25) is 0 Å². The van der Waals surface area contributed by atoms with E-state index in [1.165, 1.54) is 6.92 Å². The van der Waals surface area contributed by atoms with Gasteiger partial charge in [-0.2, -0.15) is 5.26 Å². The Morgan fingerprint density at radius 3 is 2.65 bits per heavy atom. The van der Waals surface area contributed by atoms with Gasteiger partial charge in [-0.25, -0.2) is 4.98 Å². The van der Waals surface area contributed by atoms with Crippen LogP contribution in [0.4, 0.5) is 0 Å². The zero-order chi connectivity index (χ0) is 18.7. The van der Waals surface area contributed by atoms with E-state index in [4.69, 9.17) is 9.15 Å². The van der Waals surface area contributed by atoms with Crippen LogP contribution in [-0.2, 0) is 4.79 Å². The fourth-order valence-corrected chi connectivity index (χ4v) is 2.54. The van der Waals surface area contributed by atoms with E-state index in [2.05, 4.69) is 4.98 Å². The molecular formula is C20H16N2O4. The lowest BCUT2D eigenvalue weighted by Crippen LogP contribution is -2.29. The minimum Gasteiger partial charge on any atom is -0.483 e. The Kier molecular flexibility index (Phi) is 4.81. The molecule has 0 spiro atoms. The van der Waals surface area contributed by atoms with E-state index >= 15 is 0 Å². The average Bonchev–Trinajstić information content (AvgIpc) is 3.06. The number of benzene rings is 2. The second-order valence-corrected chi connectivity index (χ2v) is 5.83. The summed E-state index contributed by atoms with van der Waals surface area (Å²) in [4.78, 5) is 28.3. The molecule has 26 heavy (non-hydrogen) atoms. The minimum absolute atomic E-state index is 0.0478. The number of carbonyl (C=O) groups excluding carboxylic acids is 2. The molecule has 0 aliphatic rings. The monoisotopic (exact) mass is 348 g/mol. The Bertz CT molecular complexity index is 983. The fourth-order valence-electron chi connectivity index (χ4n) is 2.54. The smallest absolute Gasteiger partial charge is 0.220 e. The SMILES string of the molecule is CC(=O)c1cccc(O[C@H](C)C(=O)[C@@H](C#N)c2nc3ccccc3o2)c1. The summed E-state index contributed by atoms with van der Waals surface area (Å²) in [6.45, 7) is 3.00. The highest BCUT2D eigenvalue weighted by Crippen LogP contribution is 2.24. The number of hydrogen-bond acceptors (Lipinski definition) is 6. The molecular weight excluding hydrogens is 332 g/mol. The summed E-state index contributed by atoms with van der Waals surface area (Å²) < 4.78 is 11.2. The number of nitriles is 1. The first kappa shape index (κ1) is 17.4. The maximum atomic E-state index is 12.7. The molecule has 3 rings (SSSR count). The van der Waals surface area contributed by atoms with Gasteiger partial charge in [0, 0.05) is 5.56 Å². The molecule has 1 heterocycles. The lowest BCUT2D eigenvalue weighted by Gasteiger charge is -2.15. The average molecular weight is 348 g/mol. The molecule has 0 N–H and O–H groups in total. The molecule has 6 heteroatoms. The molecule has 0 fully saturated rings. The van der Waals surface area contributed by atoms with Gasteiger partial charge in [0.1, 0.15) is 11.3 Å². The van der Waals surface area contributed by atoms with Crippen LogP contribution in [-0.4, -0.2) is 22.7 Å². The van der Waals surface area contributed by atoms with Gasteiger partial charge in [-0.1, -0.05) is 24.3 Å². The van der Waals surface area contributed by atoms with Crippen molar-refractivity contribution in [2.24, 2.45) is 0 Å². The van der Waals surface area contributed by atoms with E-state index in [1.807, 2.05) is 6.07 Å². The van der Waals surface area contributed by atoms with Gasteiger partial charge < -0.3 is 9.15 Å². The third-order valence-electron chi connectivity index (χ3n) is 3.93.